The van der Waals surface area contributed by atoms with E-state index >= 15 is 0 Å². The molecule has 31 heavy (non-hydrogen) atoms. The first kappa shape index (κ1) is 24.6. The van der Waals surface area contributed by atoms with Crippen molar-refractivity contribution in [3.05, 3.63) is 47.3 Å². The predicted molar refractivity (Wildman–Crippen MR) is 121 cm³/mol. The maximum Gasteiger partial charge on any atom is 0.358 e. The first-order valence-electron chi connectivity index (χ1n) is 11.2. The van der Waals surface area contributed by atoms with Gasteiger partial charge in [0.2, 0.25) is 0 Å². The molecule has 1 heterocycles. The summed E-state index contributed by atoms with van der Waals surface area (Å²) >= 11 is 0. The molecular weight excluding hydrogens is 394 g/mol. The first-order chi connectivity index (χ1) is 15.0. The zero-order valence-electron chi connectivity index (χ0n) is 19.1. The molecule has 1 aromatic carbocycles. The number of nitrogens with one attached hydrogen (secondary N) is 1. The smallest absolute Gasteiger partial charge is 0.358 e. The molecule has 2 aromatic rings. The van der Waals surface area contributed by atoms with E-state index < -0.39 is 5.97 Å². The van der Waals surface area contributed by atoms with E-state index in [1.807, 2.05) is 12.1 Å². The van der Waals surface area contributed by atoms with Gasteiger partial charge >= 0.3 is 5.97 Å². The standard InChI is InChI=1S/C24H35N3O4/c1-5-15-30-16-7-14-25-23(28)19-9-12-20(13-10-19)27-21(11-8-18(3)4)17-22(26-27)24(29)31-6-2/h9-10,12-13,17-18H,5-8,11,14-16H2,1-4H3,(H,25,28). The maximum absolute atomic E-state index is 12.4. The molecule has 0 spiro atoms. The first-order valence-corrected chi connectivity index (χ1v) is 11.2. The SMILES string of the molecule is CCCOCCCNC(=O)c1ccc(-n2nc(C(=O)OCC)cc2CCC(C)C)cc1. The van der Waals surface area contributed by atoms with Crippen LogP contribution in [0.15, 0.2) is 30.3 Å². The van der Waals surface area contributed by atoms with Crippen molar-refractivity contribution in [2.45, 2.75) is 53.4 Å². The minimum absolute atomic E-state index is 0.116. The third kappa shape index (κ3) is 7.83. The van der Waals surface area contributed by atoms with Crippen molar-refractivity contribution < 1.29 is 19.1 Å². The topological polar surface area (TPSA) is 82.5 Å². The number of carbonyl (C=O) groups is 2. The van der Waals surface area contributed by atoms with Crippen molar-refractivity contribution >= 4 is 11.9 Å². The maximum atomic E-state index is 12.4. The summed E-state index contributed by atoms with van der Waals surface area (Å²) in [6.45, 7) is 10.4. The zero-order valence-corrected chi connectivity index (χ0v) is 19.1. The molecule has 0 unspecified atom stereocenters. The van der Waals surface area contributed by atoms with Gasteiger partial charge in [-0.1, -0.05) is 20.8 Å². The molecule has 7 nitrogen and oxygen atoms in total. The highest BCUT2D eigenvalue weighted by Crippen LogP contribution is 2.18. The van der Waals surface area contributed by atoms with Crippen LogP contribution in [0.1, 0.15) is 73.5 Å². The van der Waals surface area contributed by atoms with E-state index in [-0.39, 0.29) is 5.91 Å². The van der Waals surface area contributed by atoms with E-state index in [2.05, 4.69) is 31.2 Å². The second kappa shape index (κ2) is 12.9. The molecule has 1 N–H and O–H groups in total. The Hall–Kier alpha value is -2.67. The van der Waals surface area contributed by atoms with Crippen molar-refractivity contribution in [3.63, 3.8) is 0 Å². The summed E-state index contributed by atoms with van der Waals surface area (Å²) in [6, 6.07) is 9.04. The summed E-state index contributed by atoms with van der Waals surface area (Å²) in [5.41, 5.74) is 2.63. The minimum Gasteiger partial charge on any atom is -0.461 e. The Bertz CT molecular complexity index is 828. The van der Waals surface area contributed by atoms with Crippen LogP contribution in [0.3, 0.4) is 0 Å². The summed E-state index contributed by atoms with van der Waals surface area (Å²) in [6.07, 6.45) is 3.56. The highest BCUT2D eigenvalue weighted by molar-refractivity contribution is 5.94. The third-order valence-electron chi connectivity index (χ3n) is 4.72. The average molecular weight is 430 g/mol. The van der Waals surface area contributed by atoms with E-state index in [9.17, 15) is 9.59 Å². The number of aryl methyl sites for hydroxylation is 1. The van der Waals surface area contributed by atoms with Crippen LogP contribution in [0.25, 0.3) is 5.69 Å². The van der Waals surface area contributed by atoms with Gasteiger partial charge in [-0.15, -0.1) is 0 Å². The van der Waals surface area contributed by atoms with Crippen molar-refractivity contribution in [2.75, 3.05) is 26.4 Å². The molecule has 170 valence electrons. The number of ether oxygens (including phenoxy) is 2. The fourth-order valence-corrected chi connectivity index (χ4v) is 3.04. The highest BCUT2D eigenvalue weighted by atomic mass is 16.5. The number of amides is 1. The molecule has 0 aliphatic heterocycles. The number of rotatable bonds is 13. The Kier molecular flexibility index (Phi) is 10.2. The summed E-state index contributed by atoms with van der Waals surface area (Å²) in [7, 11) is 0. The molecule has 2 rings (SSSR count). The van der Waals surface area contributed by atoms with Crippen molar-refractivity contribution in [1.82, 2.24) is 15.1 Å². The van der Waals surface area contributed by atoms with Crippen LogP contribution in [-0.4, -0.2) is 48.0 Å². The van der Waals surface area contributed by atoms with Gasteiger partial charge in [0.25, 0.3) is 5.91 Å². The molecule has 1 amide bonds. The minimum atomic E-state index is -0.425. The Morgan fingerprint density at radius 2 is 1.87 bits per heavy atom. The van der Waals surface area contributed by atoms with E-state index in [4.69, 9.17) is 9.47 Å². The van der Waals surface area contributed by atoms with Crippen LogP contribution in [0.5, 0.6) is 0 Å². The molecule has 0 saturated carbocycles. The zero-order chi connectivity index (χ0) is 22.6. The second-order valence-corrected chi connectivity index (χ2v) is 7.85. The molecule has 0 saturated heterocycles. The Labute approximate surface area is 185 Å². The van der Waals surface area contributed by atoms with Crippen LogP contribution >= 0.6 is 0 Å². The van der Waals surface area contributed by atoms with Gasteiger partial charge in [0.05, 0.1) is 12.3 Å². The number of aromatic nitrogens is 2. The van der Waals surface area contributed by atoms with E-state index in [0.717, 1.165) is 43.7 Å². The van der Waals surface area contributed by atoms with Crippen LogP contribution in [0.4, 0.5) is 0 Å². The van der Waals surface area contributed by atoms with Crippen LogP contribution in [0.2, 0.25) is 0 Å². The lowest BCUT2D eigenvalue weighted by Crippen LogP contribution is -2.25. The normalized spacial score (nSPS) is 11.0. The number of benzene rings is 1. The van der Waals surface area contributed by atoms with E-state index in [1.165, 1.54) is 0 Å². The molecule has 0 atom stereocenters. The van der Waals surface area contributed by atoms with Crippen LogP contribution in [-0.2, 0) is 15.9 Å². The van der Waals surface area contributed by atoms with Gasteiger partial charge < -0.3 is 14.8 Å². The van der Waals surface area contributed by atoms with Gasteiger partial charge in [-0.05, 0) is 68.9 Å². The number of carbonyl (C=O) groups excluding carboxylic acids is 2. The van der Waals surface area contributed by atoms with Gasteiger partial charge in [0.1, 0.15) is 0 Å². The fraction of sp³-hybridized carbons (Fsp3) is 0.542. The molecule has 0 aliphatic rings. The molecule has 7 heteroatoms. The Morgan fingerprint density at radius 3 is 2.52 bits per heavy atom. The monoisotopic (exact) mass is 429 g/mol. The summed E-state index contributed by atoms with van der Waals surface area (Å²) in [5, 5.41) is 7.37. The summed E-state index contributed by atoms with van der Waals surface area (Å²) < 4.78 is 12.3. The second-order valence-electron chi connectivity index (χ2n) is 7.85. The van der Waals surface area contributed by atoms with Gasteiger partial charge in [-0.3, -0.25) is 4.79 Å². The largest absolute Gasteiger partial charge is 0.461 e. The van der Waals surface area contributed by atoms with E-state index in [0.29, 0.717) is 36.9 Å². The number of nitrogens with zero attached hydrogens (tertiary/aromatic N) is 2. The van der Waals surface area contributed by atoms with Crippen molar-refractivity contribution in [1.29, 1.82) is 0 Å². The van der Waals surface area contributed by atoms with Crippen molar-refractivity contribution in [2.24, 2.45) is 5.92 Å². The van der Waals surface area contributed by atoms with Gasteiger partial charge in [0, 0.05) is 31.0 Å². The molecule has 0 fully saturated rings. The molecule has 0 radical (unpaired) electrons. The number of esters is 1. The van der Waals surface area contributed by atoms with Gasteiger partial charge in [-0.25, -0.2) is 9.48 Å². The lowest BCUT2D eigenvalue weighted by molar-refractivity contribution is 0.0518. The van der Waals surface area contributed by atoms with Gasteiger partial charge in [0.15, 0.2) is 5.69 Å². The lowest BCUT2D eigenvalue weighted by atomic mass is 10.1. The summed E-state index contributed by atoms with van der Waals surface area (Å²) in [5.74, 6) is -0.00597. The Balaban J connectivity index is 2.07. The third-order valence-corrected chi connectivity index (χ3v) is 4.72. The predicted octanol–water partition coefficient (Wildman–Crippen LogP) is 4.18. The average Bonchev–Trinajstić information content (AvgIpc) is 3.19. The number of hydrogen-bond donors (Lipinski definition) is 1. The van der Waals surface area contributed by atoms with E-state index in [1.54, 1.807) is 29.8 Å². The highest BCUT2D eigenvalue weighted by Gasteiger charge is 2.17. The summed E-state index contributed by atoms with van der Waals surface area (Å²) in [4.78, 5) is 24.5. The Morgan fingerprint density at radius 1 is 1.13 bits per heavy atom. The quantitative estimate of drug-likeness (QED) is 0.381. The number of hydrogen-bond acceptors (Lipinski definition) is 5. The van der Waals surface area contributed by atoms with Crippen molar-refractivity contribution in [3.8, 4) is 5.69 Å². The fourth-order valence-electron chi connectivity index (χ4n) is 3.04. The van der Waals surface area contributed by atoms with Gasteiger partial charge in [-0.2, -0.15) is 5.10 Å². The molecule has 0 bridgehead atoms. The molecular formula is C24H35N3O4. The van der Waals surface area contributed by atoms with Crippen LogP contribution < -0.4 is 5.32 Å². The lowest BCUT2D eigenvalue weighted by Gasteiger charge is -2.10. The van der Waals surface area contributed by atoms with Crippen LogP contribution in [0, 0.1) is 5.92 Å². The molecule has 0 aliphatic carbocycles. The molecule has 1 aromatic heterocycles.